The SMILES string of the molecule is CCOc1cc2c(Nc3ccc(OCC(N)=O)cc3)cc(CC)nc2nc1C. The van der Waals surface area contributed by atoms with Gasteiger partial charge in [0.1, 0.15) is 11.5 Å². The van der Waals surface area contributed by atoms with E-state index in [1.165, 1.54) is 0 Å². The van der Waals surface area contributed by atoms with Gasteiger partial charge in [-0.15, -0.1) is 0 Å². The van der Waals surface area contributed by atoms with Crippen LogP contribution in [0.1, 0.15) is 25.2 Å². The van der Waals surface area contributed by atoms with Crippen molar-refractivity contribution in [2.24, 2.45) is 5.73 Å². The maximum Gasteiger partial charge on any atom is 0.255 e. The van der Waals surface area contributed by atoms with Gasteiger partial charge >= 0.3 is 0 Å². The van der Waals surface area contributed by atoms with E-state index in [-0.39, 0.29) is 6.61 Å². The Balaban J connectivity index is 1.94. The van der Waals surface area contributed by atoms with E-state index in [9.17, 15) is 4.79 Å². The van der Waals surface area contributed by atoms with E-state index < -0.39 is 5.91 Å². The first-order valence-electron chi connectivity index (χ1n) is 9.22. The van der Waals surface area contributed by atoms with Crippen LogP contribution >= 0.6 is 0 Å². The third-order valence-corrected chi connectivity index (χ3v) is 4.17. The number of hydrogen-bond acceptors (Lipinski definition) is 6. The molecule has 0 radical (unpaired) electrons. The fourth-order valence-corrected chi connectivity index (χ4v) is 2.80. The van der Waals surface area contributed by atoms with Crippen molar-refractivity contribution in [2.45, 2.75) is 27.2 Å². The Kier molecular flexibility index (Phi) is 5.93. The average Bonchev–Trinajstić information content (AvgIpc) is 2.68. The minimum Gasteiger partial charge on any atom is -0.492 e. The van der Waals surface area contributed by atoms with Crippen LogP contribution in [0.25, 0.3) is 11.0 Å². The summed E-state index contributed by atoms with van der Waals surface area (Å²) in [5, 5.41) is 4.31. The largest absolute Gasteiger partial charge is 0.492 e. The van der Waals surface area contributed by atoms with Gasteiger partial charge in [-0.05, 0) is 56.7 Å². The molecule has 2 aromatic heterocycles. The molecule has 1 aromatic carbocycles. The molecule has 0 aliphatic heterocycles. The Labute approximate surface area is 163 Å². The number of nitrogens with one attached hydrogen (secondary N) is 1. The average molecular weight is 380 g/mol. The zero-order valence-corrected chi connectivity index (χ0v) is 16.3. The van der Waals surface area contributed by atoms with Gasteiger partial charge in [0, 0.05) is 16.8 Å². The maximum atomic E-state index is 10.8. The van der Waals surface area contributed by atoms with Gasteiger partial charge in [0.15, 0.2) is 12.3 Å². The summed E-state index contributed by atoms with van der Waals surface area (Å²) in [5.74, 6) is 0.818. The zero-order valence-electron chi connectivity index (χ0n) is 16.3. The lowest BCUT2D eigenvalue weighted by molar-refractivity contribution is -0.119. The smallest absolute Gasteiger partial charge is 0.255 e. The highest BCUT2D eigenvalue weighted by Gasteiger charge is 2.11. The molecule has 3 aromatic rings. The Morgan fingerprint density at radius 2 is 1.86 bits per heavy atom. The molecule has 2 heterocycles. The van der Waals surface area contributed by atoms with Crippen LogP contribution in [0.3, 0.4) is 0 Å². The van der Waals surface area contributed by atoms with E-state index in [1.54, 1.807) is 12.1 Å². The zero-order chi connectivity index (χ0) is 20.1. The van der Waals surface area contributed by atoms with E-state index in [4.69, 9.17) is 15.2 Å². The topological polar surface area (TPSA) is 99.4 Å². The predicted molar refractivity (Wildman–Crippen MR) is 109 cm³/mol. The number of anilines is 2. The number of aryl methyl sites for hydroxylation is 2. The highest BCUT2D eigenvalue weighted by molar-refractivity contribution is 5.92. The number of nitrogens with zero attached hydrogens (tertiary/aromatic N) is 2. The Morgan fingerprint density at radius 1 is 1.11 bits per heavy atom. The summed E-state index contributed by atoms with van der Waals surface area (Å²) in [5.41, 5.74) is 9.33. The molecule has 146 valence electrons. The van der Waals surface area contributed by atoms with Gasteiger partial charge < -0.3 is 20.5 Å². The standard InChI is InChI=1S/C21H24N4O3/c1-4-14-10-18(17-11-19(27-5-2)13(3)23-21(17)25-14)24-15-6-8-16(9-7-15)28-12-20(22)26/h6-11H,4-5,12H2,1-3H3,(H2,22,26)(H,23,24,25). The summed E-state index contributed by atoms with van der Waals surface area (Å²) >= 11 is 0. The van der Waals surface area contributed by atoms with Gasteiger partial charge in [-0.2, -0.15) is 0 Å². The van der Waals surface area contributed by atoms with Crippen LogP contribution in [0.4, 0.5) is 11.4 Å². The van der Waals surface area contributed by atoms with Crippen LogP contribution in [0.15, 0.2) is 36.4 Å². The second kappa shape index (κ2) is 8.56. The first kappa shape index (κ1) is 19.4. The summed E-state index contributed by atoms with van der Waals surface area (Å²) in [6, 6.07) is 11.3. The molecule has 0 aliphatic rings. The minimum atomic E-state index is -0.509. The predicted octanol–water partition coefficient (Wildman–Crippen LogP) is 3.51. The van der Waals surface area contributed by atoms with Crippen LogP contribution in [0, 0.1) is 6.92 Å². The van der Waals surface area contributed by atoms with E-state index in [1.807, 2.05) is 38.1 Å². The number of rotatable bonds is 8. The quantitative estimate of drug-likeness (QED) is 0.620. The molecule has 0 saturated heterocycles. The molecule has 3 rings (SSSR count). The monoisotopic (exact) mass is 380 g/mol. The van der Waals surface area contributed by atoms with Gasteiger partial charge in [-0.3, -0.25) is 4.79 Å². The van der Waals surface area contributed by atoms with Gasteiger partial charge in [-0.25, -0.2) is 9.97 Å². The van der Waals surface area contributed by atoms with Crippen molar-refractivity contribution in [2.75, 3.05) is 18.5 Å². The van der Waals surface area contributed by atoms with Crippen LogP contribution in [-0.2, 0) is 11.2 Å². The van der Waals surface area contributed by atoms with Crippen LogP contribution in [0.5, 0.6) is 11.5 Å². The number of benzene rings is 1. The van der Waals surface area contributed by atoms with Gasteiger partial charge in [-0.1, -0.05) is 6.92 Å². The third kappa shape index (κ3) is 4.49. The van der Waals surface area contributed by atoms with Crippen molar-refractivity contribution in [1.82, 2.24) is 9.97 Å². The summed E-state index contributed by atoms with van der Waals surface area (Å²) < 4.78 is 11.0. The number of fused-ring (bicyclic) bond motifs is 1. The number of aromatic nitrogens is 2. The maximum absolute atomic E-state index is 10.8. The number of carbonyl (C=O) groups excluding carboxylic acids is 1. The number of pyridine rings is 2. The molecule has 0 aliphatic carbocycles. The molecular formula is C21H24N4O3. The Morgan fingerprint density at radius 3 is 2.50 bits per heavy atom. The minimum absolute atomic E-state index is 0.146. The molecule has 0 unspecified atom stereocenters. The fourth-order valence-electron chi connectivity index (χ4n) is 2.80. The lowest BCUT2D eigenvalue weighted by atomic mass is 10.1. The molecule has 28 heavy (non-hydrogen) atoms. The lowest BCUT2D eigenvalue weighted by Crippen LogP contribution is -2.19. The highest BCUT2D eigenvalue weighted by Crippen LogP contribution is 2.31. The molecule has 0 saturated carbocycles. The van der Waals surface area contributed by atoms with E-state index in [0.717, 1.165) is 40.3 Å². The van der Waals surface area contributed by atoms with Crippen LogP contribution in [-0.4, -0.2) is 29.1 Å². The van der Waals surface area contributed by atoms with Crippen molar-refractivity contribution in [3.8, 4) is 11.5 Å². The molecule has 0 bridgehead atoms. The number of primary amides is 1. The number of carbonyl (C=O) groups is 1. The molecule has 0 atom stereocenters. The molecule has 0 fully saturated rings. The summed E-state index contributed by atoms with van der Waals surface area (Å²) in [6.45, 7) is 6.35. The van der Waals surface area contributed by atoms with Crippen LogP contribution in [0.2, 0.25) is 0 Å². The molecule has 7 heteroatoms. The van der Waals surface area contributed by atoms with Gasteiger partial charge in [0.25, 0.3) is 5.91 Å². The van der Waals surface area contributed by atoms with Crippen molar-refractivity contribution in [3.63, 3.8) is 0 Å². The fraction of sp³-hybridized carbons (Fsp3) is 0.286. The Bertz CT molecular complexity index is 987. The second-order valence-corrected chi connectivity index (χ2v) is 6.30. The first-order valence-corrected chi connectivity index (χ1v) is 9.22. The molecule has 1 amide bonds. The second-order valence-electron chi connectivity index (χ2n) is 6.30. The molecule has 7 nitrogen and oxygen atoms in total. The third-order valence-electron chi connectivity index (χ3n) is 4.17. The number of ether oxygens (including phenoxy) is 2. The molecular weight excluding hydrogens is 356 g/mol. The summed E-state index contributed by atoms with van der Waals surface area (Å²) in [7, 11) is 0. The van der Waals surface area contributed by atoms with Crippen molar-refractivity contribution in [1.29, 1.82) is 0 Å². The van der Waals surface area contributed by atoms with Crippen LogP contribution < -0.4 is 20.5 Å². The van der Waals surface area contributed by atoms with E-state index in [0.29, 0.717) is 18.0 Å². The Hall–Kier alpha value is -3.35. The highest BCUT2D eigenvalue weighted by atomic mass is 16.5. The number of nitrogens with two attached hydrogens (primary N) is 1. The van der Waals surface area contributed by atoms with Gasteiger partial charge in [0.2, 0.25) is 0 Å². The summed E-state index contributed by atoms with van der Waals surface area (Å²) in [6.07, 6.45) is 0.804. The first-order chi connectivity index (χ1) is 13.5. The van der Waals surface area contributed by atoms with Gasteiger partial charge in [0.05, 0.1) is 18.0 Å². The lowest BCUT2D eigenvalue weighted by Gasteiger charge is -2.14. The number of hydrogen-bond donors (Lipinski definition) is 2. The summed E-state index contributed by atoms with van der Waals surface area (Å²) in [4.78, 5) is 20.1. The van der Waals surface area contributed by atoms with Crippen molar-refractivity contribution >= 4 is 28.3 Å². The molecule has 3 N–H and O–H groups in total. The molecule has 0 spiro atoms. The van der Waals surface area contributed by atoms with Crippen molar-refractivity contribution in [3.05, 3.63) is 47.8 Å². The number of amides is 1. The van der Waals surface area contributed by atoms with Crippen molar-refractivity contribution < 1.29 is 14.3 Å². The van der Waals surface area contributed by atoms with E-state index >= 15 is 0 Å². The normalized spacial score (nSPS) is 10.7. The van der Waals surface area contributed by atoms with E-state index in [2.05, 4.69) is 22.2 Å².